The fourth-order valence-corrected chi connectivity index (χ4v) is 2.85. The summed E-state index contributed by atoms with van der Waals surface area (Å²) < 4.78 is 0. The van der Waals surface area contributed by atoms with Gasteiger partial charge in [-0.3, -0.25) is 19.3 Å². The first-order chi connectivity index (χ1) is 11.2. The number of hydrogen-bond acceptors (Lipinski definition) is 4. The molecule has 1 saturated carbocycles. The molecular weight excluding hydrogens is 308 g/mol. The zero-order chi connectivity index (χ0) is 17.9. The van der Waals surface area contributed by atoms with Crippen LogP contribution in [0.3, 0.4) is 0 Å². The maximum absolute atomic E-state index is 12.3. The Balaban J connectivity index is 1.70. The molecule has 0 unspecified atom stereocenters. The van der Waals surface area contributed by atoms with Crippen LogP contribution in [0, 0.1) is 5.92 Å². The lowest BCUT2D eigenvalue weighted by molar-refractivity contribution is -0.141. The molecule has 0 radical (unpaired) electrons. The summed E-state index contributed by atoms with van der Waals surface area (Å²) in [5, 5.41) is 2.89. The summed E-state index contributed by atoms with van der Waals surface area (Å²) in [7, 11) is 1.77. The summed E-state index contributed by atoms with van der Waals surface area (Å²) >= 11 is 0. The van der Waals surface area contributed by atoms with Crippen molar-refractivity contribution >= 4 is 17.7 Å². The highest BCUT2D eigenvalue weighted by atomic mass is 16.2. The zero-order valence-electron chi connectivity index (χ0n) is 15.3. The Morgan fingerprint density at radius 3 is 2.04 bits per heavy atom. The number of nitrogens with zero attached hydrogens (tertiary/aromatic N) is 3. The van der Waals surface area contributed by atoms with Gasteiger partial charge in [0.15, 0.2) is 0 Å². The van der Waals surface area contributed by atoms with E-state index in [4.69, 9.17) is 0 Å². The van der Waals surface area contributed by atoms with E-state index >= 15 is 0 Å². The van der Waals surface area contributed by atoms with E-state index in [2.05, 4.69) is 5.32 Å². The van der Waals surface area contributed by atoms with Gasteiger partial charge in [-0.25, -0.2) is 0 Å². The van der Waals surface area contributed by atoms with E-state index in [1.165, 1.54) is 0 Å². The second-order valence-electron chi connectivity index (χ2n) is 7.95. The van der Waals surface area contributed by atoms with Crippen molar-refractivity contribution < 1.29 is 14.4 Å². The third-order valence-corrected chi connectivity index (χ3v) is 4.20. The number of carbonyl (C=O) groups is 3. The Hall–Kier alpha value is -1.63. The molecule has 24 heavy (non-hydrogen) atoms. The highest BCUT2D eigenvalue weighted by Gasteiger charge is 2.35. The van der Waals surface area contributed by atoms with E-state index in [0.717, 1.165) is 12.8 Å². The number of likely N-dealkylation sites (N-methyl/N-ethyl adjacent to an activating group) is 1. The number of nitrogens with one attached hydrogen (secondary N) is 1. The summed E-state index contributed by atoms with van der Waals surface area (Å²) in [6.45, 7) is 8.61. The third-order valence-electron chi connectivity index (χ3n) is 4.20. The lowest BCUT2D eigenvalue weighted by atomic mass is 10.1. The zero-order valence-corrected chi connectivity index (χ0v) is 15.3. The average Bonchev–Trinajstić information content (AvgIpc) is 3.28. The van der Waals surface area contributed by atoms with Gasteiger partial charge in [-0.1, -0.05) is 0 Å². The second-order valence-corrected chi connectivity index (χ2v) is 7.95. The first-order valence-corrected chi connectivity index (χ1v) is 8.72. The number of carbonyl (C=O) groups excluding carboxylic acids is 3. The summed E-state index contributed by atoms with van der Waals surface area (Å²) in [6.07, 6.45) is 2.03. The molecule has 0 bridgehead atoms. The molecule has 136 valence electrons. The van der Waals surface area contributed by atoms with Crippen molar-refractivity contribution in [3.63, 3.8) is 0 Å². The predicted molar refractivity (Wildman–Crippen MR) is 91.3 cm³/mol. The molecule has 1 saturated heterocycles. The Morgan fingerprint density at radius 2 is 1.54 bits per heavy atom. The quantitative estimate of drug-likeness (QED) is 0.761. The molecule has 3 amide bonds. The highest BCUT2D eigenvalue weighted by molar-refractivity contribution is 5.83. The minimum absolute atomic E-state index is 0.0135. The maximum atomic E-state index is 12.3. The van der Waals surface area contributed by atoms with Crippen molar-refractivity contribution in [2.24, 2.45) is 5.92 Å². The SMILES string of the molecule is CN(CC(=O)NC(C)(C)C)CC(=O)N1CCN(C(=O)C2CC2)CC1. The van der Waals surface area contributed by atoms with Gasteiger partial charge in [0.05, 0.1) is 13.1 Å². The topological polar surface area (TPSA) is 73.0 Å². The van der Waals surface area contributed by atoms with Gasteiger partial charge in [-0.05, 0) is 40.7 Å². The van der Waals surface area contributed by atoms with Crippen molar-refractivity contribution in [2.45, 2.75) is 39.2 Å². The van der Waals surface area contributed by atoms with Crippen molar-refractivity contribution in [1.82, 2.24) is 20.0 Å². The van der Waals surface area contributed by atoms with E-state index in [1.807, 2.05) is 25.7 Å². The summed E-state index contributed by atoms with van der Waals surface area (Å²) in [4.78, 5) is 41.7. The minimum atomic E-state index is -0.271. The second kappa shape index (κ2) is 7.51. The first kappa shape index (κ1) is 18.7. The van der Waals surface area contributed by atoms with Gasteiger partial charge < -0.3 is 15.1 Å². The highest BCUT2D eigenvalue weighted by Crippen LogP contribution is 2.31. The lowest BCUT2D eigenvalue weighted by Gasteiger charge is -2.35. The van der Waals surface area contributed by atoms with Crippen LogP contribution in [0.5, 0.6) is 0 Å². The number of hydrogen-bond donors (Lipinski definition) is 1. The van der Waals surface area contributed by atoms with Crippen LogP contribution in [0.1, 0.15) is 33.6 Å². The number of rotatable bonds is 5. The van der Waals surface area contributed by atoms with Gasteiger partial charge in [-0.15, -0.1) is 0 Å². The minimum Gasteiger partial charge on any atom is -0.350 e. The smallest absolute Gasteiger partial charge is 0.236 e. The third kappa shape index (κ3) is 5.78. The van der Waals surface area contributed by atoms with Gasteiger partial charge in [0, 0.05) is 37.6 Å². The lowest BCUT2D eigenvalue weighted by Crippen LogP contribution is -2.53. The van der Waals surface area contributed by atoms with Gasteiger partial charge in [-0.2, -0.15) is 0 Å². The number of amides is 3. The van der Waals surface area contributed by atoms with Crippen molar-refractivity contribution in [3.05, 3.63) is 0 Å². The molecule has 1 aliphatic heterocycles. The molecule has 0 aromatic rings. The van der Waals surface area contributed by atoms with E-state index in [-0.39, 0.29) is 42.3 Å². The van der Waals surface area contributed by atoms with Gasteiger partial charge in [0.2, 0.25) is 17.7 Å². The molecule has 1 aliphatic carbocycles. The molecule has 0 spiro atoms. The standard InChI is InChI=1S/C17H30N4O3/c1-17(2,3)18-14(22)11-19(4)12-15(23)20-7-9-21(10-8-20)16(24)13-5-6-13/h13H,5-12H2,1-4H3,(H,18,22). The molecule has 0 aromatic heterocycles. The van der Waals surface area contributed by atoms with E-state index < -0.39 is 0 Å². The maximum Gasteiger partial charge on any atom is 0.236 e. The number of piperazine rings is 1. The van der Waals surface area contributed by atoms with E-state index in [9.17, 15) is 14.4 Å². The molecule has 0 atom stereocenters. The van der Waals surface area contributed by atoms with Crippen LogP contribution in [0.25, 0.3) is 0 Å². The van der Waals surface area contributed by atoms with E-state index in [1.54, 1.807) is 16.8 Å². The molecule has 2 aliphatic rings. The Labute approximate surface area is 144 Å². The van der Waals surface area contributed by atoms with Crippen LogP contribution in [-0.2, 0) is 14.4 Å². The van der Waals surface area contributed by atoms with Crippen LogP contribution in [0.15, 0.2) is 0 Å². The van der Waals surface area contributed by atoms with E-state index in [0.29, 0.717) is 26.2 Å². The Bertz CT molecular complexity index is 489. The van der Waals surface area contributed by atoms with Crippen LogP contribution in [-0.4, -0.2) is 84.3 Å². The summed E-state index contributed by atoms with van der Waals surface area (Å²) in [5.41, 5.74) is -0.271. The molecular formula is C17H30N4O3. The fraction of sp³-hybridized carbons (Fsp3) is 0.824. The van der Waals surface area contributed by atoms with Gasteiger partial charge in [0.1, 0.15) is 0 Å². The normalized spacial score (nSPS) is 18.7. The molecule has 1 N–H and O–H groups in total. The predicted octanol–water partition coefficient (Wildman–Crippen LogP) is -0.0863. The summed E-state index contributed by atoms with van der Waals surface area (Å²) in [6, 6.07) is 0. The Morgan fingerprint density at radius 1 is 1.00 bits per heavy atom. The van der Waals surface area contributed by atoms with Crippen LogP contribution >= 0.6 is 0 Å². The van der Waals surface area contributed by atoms with Crippen molar-refractivity contribution in [3.8, 4) is 0 Å². The average molecular weight is 338 g/mol. The fourth-order valence-electron chi connectivity index (χ4n) is 2.85. The van der Waals surface area contributed by atoms with Crippen LogP contribution in [0.2, 0.25) is 0 Å². The molecule has 2 fully saturated rings. The molecule has 0 aromatic carbocycles. The van der Waals surface area contributed by atoms with Gasteiger partial charge >= 0.3 is 0 Å². The molecule has 7 nitrogen and oxygen atoms in total. The molecule has 7 heteroatoms. The Kier molecular flexibility index (Phi) is 5.85. The first-order valence-electron chi connectivity index (χ1n) is 8.72. The summed E-state index contributed by atoms with van der Waals surface area (Å²) in [5.74, 6) is 0.412. The van der Waals surface area contributed by atoms with Crippen molar-refractivity contribution in [1.29, 1.82) is 0 Å². The molecule has 1 heterocycles. The molecule has 2 rings (SSSR count). The van der Waals surface area contributed by atoms with Crippen LogP contribution in [0.4, 0.5) is 0 Å². The van der Waals surface area contributed by atoms with Crippen molar-refractivity contribution in [2.75, 3.05) is 46.3 Å². The van der Waals surface area contributed by atoms with Gasteiger partial charge in [0.25, 0.3) is 0 Å². The monoisotopic (exact) mass is 338 g/mol. The van der Waals surface area contributed by atoms with Crippen LogP contribution < -0.4 is 5.32 Å². The largest absolute Gasteiger partial charge is 0.350 e.